The standard InChI is InChI=1S/C22H23IN3O4P/c1-4-15-9-16(23)11-17(10-15)26(31)22-18-12-20(29-7-5-27-2)21(30-8-6-28-3)13-19(18)24-14-25-22/h1,9-14H,5-8,31H2,2-3H3. The Morgan fingerprint density at radius 3 is 2.29 bits per heavy atom. The highest BCUT2D eigenvalue weighted by Gasteiger charge is 2.16. The zero-order valence-electron chi connectivity index (χ0n) is 17.3. The Morgan fingerprint density at radius 2 is 1.65 bits per heavy atom. The average molecular weight is 551 g/mol. The molecule has 0 bridgehead atoms. The summed E-state index contributed by atoms with van der Waals surface area (Å²) in [5.41, 5.74) is 2.42. The van der Waals surface area contributed by atoms with Crippen LogP contribution in [0.3, 0.4) is 0 Å². The van der Waals surface area contributed by atoms with Crippen LogP contribution < -0.4 is 14.1 Å². The van der Waals surface area contributed by atoms with E-state index < -0.39 is 0 Å². The molecule has 0 saturated heterocycles. The SMILES string of the molecule is C#Cc1cc(I)cc(N(P)c2ncnc3cc(OCCOC)c(OCCOC)cc23)c1. The quantitative estimate of drug-likeness (QED) is 0.162. The third-order valence-corrected chi connectivity index (χ3v) is 5.49. The Morgan fingerprint density at radius 1 is 0.968 bits per heavy atom. The Labute approximate surface area is 197 Å². The third kappa shape index (κ3) is 5.95. The normalized spacial score (nSPS) is 10.7. The molecule has 0 saturated carbocycles. The molecule has 9 heteroatoms. The van der Waals surface area contributed by atoms with E-state index in [2.05, 4.69) is 47.9 Å². The van der Waals surface area contributed by atoms with E-state index in [1.807, 2.05) is 35.0 Å². The molecule has 0 fully saturated rings. The van der Waals surface area contributed by atoms with Gasteiger partial charge in [0.1, 0.15) is 25.4 Å². The predicted octanol–water partition coefficient (Wildman–Crippen LogP) is 4.19. The summed E-state index contributed by atoms with van der Waals surface area (Å²) < 4.78 is 24.9. The van der Waals surface area contributed by atoms with E-state index in [1.54, 1.807) is 14.2 Å². The molecule has 0 aliphatic rings. The maximum absolute atomic E-state index is 5.91. The number of halogens is 1. The van der Waals surface area contributed by atoms with Gasteiger partial charge >= 0.3 is 0 Å². The third-order valence-electron chi connectivity index (χ3n) is 4.33. The van der Waals surface area contributed by atoms with Crippen LogP contribution in [-0.2, 0) is 9.47 Å². The number of terminal acetylenes is 1. The first-order chi connectivity index (χ1) is 15.1. The maximum atomic E-state index is 5.91. The van der Waals surface area contributed by atoms with Gasteiger partial charge in [-0.3, -0.25) is 0 Å². The fraction of sp³-hybridized carbons (Fsp3) is 0.273. The summed E-state index contributed by atoms with van der Waals surface area (Å²) in [5, 5.41) is 0.810. The number of hydrogen-bond donors (Lipinski definition) is 0. The Balaban J connectivity index is 2.05. The number of aromatic nitrogens is 2. The smallest absolute Gasteiger partial charge is 0.163 e. The van der Waals surface area contributed by atoms with Crippen molar-refractivity contribution in [3.8, 4) is 23.8 Å². The van der Waals surface area contributed by atoms with Gasteiger partial charge in [0.2, 0.25) is 0 Å². The number of ether oxygens (including phenoxy) is 4. The molecular formula is C22H23IN3O4P. The van der Waals surface area contributed by atoms with Crippen LogP contribution in [0, 0.1) is 15.9 Å². The van der Waals surface area contributed by atoms with Crippen LogP contribution in [0.25, 0.3) is 10.9 Å². The zero-order chi connectivity index (χ0) is 22.2. The molecule has 3 aromatic rings. The highest BCUT2D eigenvalue weighted by atomic mass is 127. The van der Waals surface area contributed by atoms with Gasteiger partial charge in [0, 0.05) is 40.5 Å². The number of nitrogens with zero attached hydrogens (tertiary/aromatic N) is 3. The van der Waals surface area contributed by atoms with Crippen molar-refractivity contribution in [2.45, 2.75) is 0 Å². The number of methoxy groups -OCH3 is 2. The van der Waals surface area contributed by atoms with E-state index in [1.165, 1.54) is 6.33 Å². The molecule has 7 nitrogen and oxygen atoms in total. The van der Waals surface area contributed by atoms with Crippen molar-refractivity contribution in [2.24, 2.45) is 0 Å². The summed E-state index contributed by atoms with van der Waals surface area (Å²) in [5.74, 6) is 4.56. The minimum atomic E-state index is 0.388. The number of fused-ring (bicyclic) bond motifs is 1. The molecule has 2 aromatic carbocycles. The molecule has 3 rings (SSSR count). The van der Waals surface area contributed by atoms with Crippen LogP contribution >= 0.6 is 32.0 Å². The number of anilines is 2. The zero-order valence-corrected chi connectivity index (χ0v) is 20.6. The molecule has 1 heterocycles. The summed E-state index contributed by atoms with van der Waals surface area (Å²) >= 11 is 2.25. The predicted molar refractivity (Wildman–Crippen MR) is 133 cm³/mol. The monoisotopic (exact) mass is 551 g/mol. The van der Waals surface area contributed by atoms with Gasteiger partial charge in [-0.15, -0.1) is 6.42 Å². The summed E-state index contributed by atoms with van der Waals surface area (Å²) in [6.45, 7) is 1.71. The minimum absolute atomic E-state index is 0.388. The van der Waals surface area contributed by atoms with Gasteiger partial charge in [-0.05, 0) is 56.2 Å². The second kappa shape index (κ2) is 11.4. The molecule has 162 valence electrons. The van der Waals surface area contributed by atoms with Gasteiger partial charge in [0.15, 0.2) is 11.5 Å². The van der Waals surface area contributed by atoms with Crippen molar-refractivity contribution >= 4 is 54.4 Å². The van der Waals surface area contributed by atoms with E-state index in [-0.39, 0.29) is 0 Å². The topological polar surface area (TPSA) is 65.9 Å². The van der Waals surface area contributed by atoms with Gasteiger partial charge in [-0.1, -0.05) is 5.92 Å². The van der Waals surface area contributed by atoms with Crippen LogP contribution in [-0.4, -0.2) is 50.6 Å². The summed E-state index contributed by atoms with van der Waals surface area (Å²) in [4.78, 5) is 8.93. The second-order valence-electron chi connectivity index (χ2n) is 6.41. The van der Waals surface area contributed by atoms with Crippen LogP contribution in [0.4, 0.5) is 11.5 Å². The molecule has 0 N–H and O–H groups in total. The molecule has 1 aromatic heterocycles. The molecule has 0 aliphatic heterocycles. The van der Waals surface area contributed by atoms with Gasteiger partial charge in [-0.25, -0.2) is 9.97 Å². The van der Waals surface area contributed by atoms with Gasteiger partial charge in [0.25, 0.3) is 0 Å². The van der Waals surface area contributed by atoms with Crippen LogP contribution in [0.15, 0.2) is 36.7 Å². The number of hydrogen-bond acceptors (Lipinski definition) is 7. The van der Waals surface area contributed by atoms with E-state index in [0.29, 0.717) is 43.7 Å². The molecule has 0 spiro atoms. The minimum Gasteiger partial charge on any atom is -0.487 e. The molecule has 1 atom stereocenters. The second-order valence-corrected chi connectivity index (χ2v) is 8.17. The summed E-state index contributed by atoms with van der Waals surface area (Å²) in [6, 6.07) is 9.64. The van der Waals surface area contributed by atoms with Crippen LogP contribution in [0.2, 0.25) is 0 Å². The number of benzene rings is 2. The molecular weight excluding hydrogens is 528 g/mol. The first kappa shape index (κ1) is 23.5. The number of rotatable bonds is 10. The van der Waals surface area contributed by atoms with E-state index in [0.717, 1.165) is 25.7 Å². The lowest BCUT2D eigenvalue weighted by molar-refractivity contribution is 0.132. The lowest BCUT2D eigenvalue weighted by Gasteiger charge is -2.21. The van der Waals surface area contributed by atoms with Gasteiger partial charge < -0.3 is 23.6 Å². The van der Waals surface area contributed by atoms with Crippen molar-refractivity contribution < 1.29 is 18.9 Å². The molecule has 31 heavy (non-hydrogen) atoms. The van der Waals surface area contributed by atoms with Crippen molar-refractivity contribution in [2.75, 3.05) is 45.3 Å². The van der Waals surface area contributed by atoms with E-state index in [9.17, 15) is 0 Å². The summed E-state index contributed by atoms with van der Waals surface area (Å²) in [6.07, 6.45) is 7.13. The van der Waals surface area contributed by atoms with Gasteiger partial charge in [0.05, 0.1) is 18.7 Å². The van der Waals surface area contributed by atoms with Crippen LogP contribution in [0.1, 0.15) is 5.56 Å². The molecule has 0 amide bonds. The van der Waals surface area contributed by atoms with Crippen LogP contribution in [0.5, 0.6) is 11.5 Å². The van der Waals surface area contributed by atoms with E-state index >= 15 is 0 Å². The summed E-state index contributed by atoms with van der Waals surface area (Å²) in [7, 11) is 5.95. The van der Waals surface area contributed by atoms with Crippen molar-refractivity contribution in [1.82, 2.24) is 9.97 Å². The Bertz CT molecular complexity index is 1090. The fourth-order valence-electron chi connectivity index (χ4n) is 2.86. The van der Waals surface area contributed by atoms with Crippen molar-refractivity contribution in [3.05, 3.63) is 45.8 Å². The van der Waals surface area contributed by atoms with E-state index in [4.69, 9.17) is 25.4 Å². The first-order valence-corrected chi connectivity index (χ1v) is 11.0. The van der Waals surface area contributed by atoms with Gasteiger partial charge in [-0.2, -0.15) is 0 Å². The maximum Gasteiger partial charge on any atom is 0.163 e. The largest absolute Gasteiger partial charge is 0.487 e. The molecule has 1 unspecified atom stereocenters. The Hall–Kier alpha value is -2.18. The highest BCUT2D eigenvalue weighted by molar-refractivity contribution is 14.1. The average Bonchev–Trinajstić information content (AvgIpc) is 2.78. The lowest BCUT2D eigenvalue weighted by atomic mass is 10.2. The fourth-order valence-corrected chi connectivity index (χ4v) is 3.87. The van der Waals surface area contributed by atoms with Crippen molar-refractivity contribution in [1.29, 1.82) is 0 Å². The molecule has 0 radical (unpaired) electrons. The lowest BCUT2D eigenvalue weighted by Crippen LogP contribution is -2.09. The highest BCUT2D eigenvalue weighted by Crippen LogP contribution is 2.39. The molecule has 0 aliphatic carbocycles. The first-order valence-electron chi connectivity index (χ1n) is 9.41. The van der Waals surface area contributed by atoms with Crippen molar-refractivity contribution in [3.63, 3.8) is 0 Å². The Kier molecular flexibility index (Phi) is 8.67.